The third-order valence-electron chi connectivity index (χ3n) is 4.51. The molecule has 2 heterocycles. The molecule has 33 heavy (non-hydrogen) atoms. The summed E-state index contributed by atoms with van der Waals surface area (Å²) in [7, 11) is 0. The molecule has 0 saturated heterocycles. The van der Waals surface area contributed by atoms with Gasteiger partial charge in [0.15, 0.2) is 11.6 Å². The number of halogens is 2. The van der Waals surface area contributed by atoms with Crippen molar-refractivity contribution in [3.8, 4) is 5.88 Å². The Labute approximate surface area is 189 Å². The Bertz CT molecular complexity index is 1090. The molecule has 9 nitrogen and oxygen atoms in total. The number of nitrogens with zero attached hydrogens (tertiary/aromatic N) is 2. The van der Waals surface area contributed by atoms with Crippen LogP contribution in [0.2, 0.25) is 0 Å². The standard InChI is InChI=1S/C22H26F2N6O3/c1-12(2)33-20-9-19(29-30-20)27-22-17(24)8-15(10-25-13(3)32)21(28-22)26-18(11-31)14-4-6-16(23)7-5-14/h4-9,12,18,31H,10-11H2,1-3H3,(H,25,32)(H3,26,27,28,29,30)/t18-/m0/s1. The first-order valence-corrected chi connectivity index (χ1v) is 10.3. The van der Waals surface area contributed by atoms with Gasteiger partial charge in [-0.1, -0.05) is 12.1 Å². The maximum Gasteiger partial charge on any atom is 0.234 e. The van der Waals surface area contributed by atoms with E-state index in [1.807, 2.05) is 13.8 Å². The van der Waals surface area contributed by atoms with E-state index in [2.05, 4.69) is 31.1 Å². The second kappa shape index (κ2) is 10.7. The van der Waals surface area contributed by atoms with Gasteiger partial charge in [-0.15, -0.1) is 5.10 Å². The van der Waals surface area contributed by atoms with Gasteiger partial charge in [0.25, 0.3) is 0 Å². The number of pyridine rings is 1. The van der Waals surface area contributed by atoms with E-state index in [1.165, 1.54) is 37.3 Å². The number of nitrogens with one attached hydrogen (secondary N) is 4. The smallest absolute Gasteiger partial charge is 0.234 e. The minimum Gasteiger partial charge on any atom is -0.474 e. The summed E-state index contributed by atoms with van der Waals surface area (Å²) in [5, 5.41) is 25.0. The number of aliphatic hydroxyl groups is 1. The normalized spacial score (nSPS) is 11.8. The van der Waals surface area contributed by atoms with Crippen LogP contribution in [0.15, 0.2) is 36.4 Å². The molecule has 1 aromatic carbocycles. The van der Waals surface area contributed by atoms with Crippen LogP contribution in [-0.2, 0) is 11.3 Å². The molecular weight excluding hydrogens is 434 g/mol. The Morgan fingerprint density at radius 3 is 2.55 bits per heavy atom. The summed E-state index contributed by atoms with van der Waals surface area (Å²) >= 11 is 0. The van der Waals surface area contributed by atoms with Gasteiger partial charge in [-0.05, 0) is 37.6 Å². The van der Waals surface area contributed by atoms with E-state index in [0.29, 0.717) is 22.8 Å². The number of hydrogen-bond acceptors (Lipinski definition) is 7. The number of aromatic amines is 1. The van der Waals surface area contributed by atoms with Gasteiger partial charge in [0.1, 0.15) is 17.5 Å². The fraction of sp³-hybridized carbons (Fsp3) is 0.318. The molecule has 0 fully saturated rings. The molecule has 0 aliphatic carbocycles. The summed E-state index contributed by atoms with van der Waals surface area (Å²) in [6.07, 6.45) is -0.0817. The predicted octanol–water partition coefficient (Wildman–Crippen LogP) is 3.40. The molecule has 2 aromatic heterocycles. The van der Waals surface area contributed by atoms with Gasteiger partial charge < -0.3 is 25.8 Å². The van der Waals surface area contributed by atoms with Gasteiger partial charge in [-0.3, -0.25) is 9.89 Å². The lowest BCUT2D eigenvalue weighted by Crippen LogP contribution is -2.22. The quantitative estimate of drug-likeness (QED) is 0.314. The average molecular weight is 460 g/mol. The highest BCUT2D eigenvalue weighted by atomic mass is 19.1. The number of anilines is 3. The third kappa shape index (κ3) is 6.62. The number of carbonyl (C=O) groups is 1. The molecule has 0 unspecified atom stereocenters. The lowest BCUT2D eigenvalue weighted by atomic mass is 10.1. The first-order chi connectivity index (χ1) is 15.7. The van der Waals surface area contributed by atoms with E-state index < -0.39 is 17.7 Å². The lowest BCUT2D eigenvalue weighted by molar-refractivity contribution is -0.119. The molecule has 0 radical (unpaired) electrons. The Morgan fingerprint density at radius 2 is 1.91 bits per heavy atom. The molecule has 0 aliphatic rings. The minimum atomic E-state index is -0.663. The average Bonchev–Trinajstić information content (AvgIpc) is 3.19. The van der Waals surface area contributed by atoms with Crippen LogP contribution in [0.1, 0.15) is 37.9 Å². The Morgan fingerprint density at radius 1 is 1.18 bits per heavy atom. The van der Waals surface area contributed by atoms with Crippen LogP contribution in [0.5, 0.6) is 5.88 Å². The van der Waals surface area contributed by atoms with Gasteiger partial charge in [0.2, 0.25) is 11.8 Å². The van der Waals surface area contributed by atoms with E-state index in [4.69, 9.17) is 4.74 Å². The number of rotatable bonds is 10. The molecule has 0 aliphatic heterocycles. The molecule has 3 aromatic rings. The second-order valence-electron chi connectivity index (χ2n) is 7.58. The molecule has 176 valence electrons. The lowest BCUT2D eigenvalue weighted by Gasteiger charge is -2.21. The van der Waals surface area contributed by atoms with Gasteiger partial charge in [0.05, 0.1) is 18.8 Å². The summed E-state index contributed by atoms with van der Waals surface area (Å²) in [5.41, 5.74) is 0.969. The van der Waals surface area contributed by atoms with Crippen molar-refractivity contribution < 1.29 is 23.4 Å². The summed E-state index contributed by atoms with van der Waals surface area (Å²) in [6.45, 7) is 4.74. The Balaban J connectivity index is 1.90. The zero-order valence-corrected chi connectivity index (χ0v) is 18.4. The largest absolute Gasteiger partial charge is 0.474 e. The number of carbonyl (C=O) groups excluding carboxylic acids is 1. The van der Waals surface area contributed by atoms with Crippen molar-refractivity contribution in [2.24, 2.45) is 0 Å². The number of ether oxygens (including phenoxy) is 1. The highest BCUT2D eigenvalue weighted by Gasteiger charge is 2.18. The molecule has 0 bridgehead atoms. The van der Waals surface area contributed by atoms with Crippen LogP contribution < -0.4 is 20.7 Å². The number of hydrogen-bond donors (Lipinski definition) is 5. The molecule has 1 amide bonds. The van der Waals surface area contributed by atoms with Gasteiger partial charge in [0, 0.05) is 25.1 Å². The summed E-state index contributed by atoms with van der Waals surface area (Å²) < 4.78 is 33.6. The van der Waals surface area contributed by atoms with Crippen molar-refractivity contribution in [1.29, 1.82) is 0 Å². The fourth-order valence-electron chi connectivity index (χ4n) is 2.99. The third-order valence-corrected chi connectivity index (χ3v) is 4.51. The second-order valence-corrected chi connectivity index (χ2v) is 7.58. The van der Waals surface area contributed by atoms with E-state index in [1.54, 1.807) is 6.07 Å². The highest BCUT2D eigenvalue weighted by Crippen LogP contribution is 2.27. The number of aliphatic hydroxyl groups excluding tert-OH is 1. The predicted molar refractivity (Wildman–Crippen MR) is 119 cm³/mol. The van der Waals surface area contributed by atoms with Crippen LogP contribution in [0.3, 0.4) is 0 Å². The minimum absolute atomic E-state index is 0.0138. The van der Waals surface area contributed by atoms with Crippen molar-refractivity contribution in [1.82, 2.24) is 20.5 Å². The summed E-state index contributed by atoms with van der Waals surface area (Å²) in [4.78, 5) is 15.7. The number of amides is 1. The van der Waals surface area contributed by atoms with Crippen LogP contribution in [-0.4, -0.2) is 38.9 Å². The first-order valence-electron chi connectivity index (χ1n) is 10.3. The van der Waals surface area contributed by atoms with E-state index in [-0.39, 0.29) is 36.8 Å². The molecule has 0 saturated carbocycles. The van der Waals surface area contributed by atoms with E-state index in [9.17, 15) is 18.7 Å². The zero-order chi connectivity index (χ0) is 24.0. The van der Waals surface area contributed by atoms with E-state index >= 15 is 0 Å². The van der Waals surface area contributed by atoms with Crippen LogP contribution >= 0.6 is 0 Å². The number of benzene rings is 1. The Hall–Kier alpha value is -3.73. The summed E-state index contributed by atoms with van der Waals surface area (Å²) in [6, 6.07) is 7.75. The van der Waals surface area contributed by atoms with Crippen LogP contribution in [0.4, 0.5) is 26.2 Å². The number of aromatic nitrogens is 3. The monoisotopic (exact) mass is 460 g/mol. The zero-order valence-electron chi connectivity index (χ0n) is 18.4. The van der Waals surface area contributed by atoms with Gasteiger partial charge in [-0.2, -0.15) is 0 Å². The fourth-order valence-corrected chi connectivity index (χ4v) is 2.99. The van der Waals surface area contributed by atoms with Crippen molar-refractivity contribution in [3.63, 3.8) is 0 Å². The molecule has 5 N–H and O–H groups in total. The van der Waals surface area contributed by atoms with Crippen LogP contribution in [0, 0.1) is 11.6 Å². The van der Waals surface area contributed by atoms with E-state index in [0.717, 1.165) is 0 Å². The Kier molecular flexibility index (Phi) is 7.78. The summed E-state index contributed by atoms with van der Waals surface area (Å²) in [5.74, 6) is -0.553. The molecule has 0 spiro atoms. The molecule has 1 atom stereocenters. The van der Waals surface area contributed by atoms with Crippen molar-refractivity contribution in [3.05, 3.63) is 59.2 Å². The van der Waals surface area contributed by atoms with Crippen molar-refractivity contribution in [2.75, 3.05) is 17.2 Å². The molecular formula is C22H26F2N6O3. The maximum atomic E-state index is 14.8. The highest BCUT2D eigenvalue weighted by molar-refractivity contribution is 5.73. The van der Waals surface area contributed by atoms with Crippen molar-refractivity contribution >= 4 is 23.4 Å². The van der Waals surface area contributed by atoms with Gasteiger partial charge in [-0.25, -0.2) is 13.8 Å². The molecule has 3 rings (SSSR count). The SMILES string of the molecule is CC(=O)NCc1cc(F)c(Nc2cc(OC(C)C)n[nH]2)nc1N[C@@H](CO)c1ccc(F)cc1. The van der Waals surface area contributed by atoms with Crippen molar-refractivity contribution in [2.45, 2.75) is 39.5 Å². The molecule has 11 heteroatoms. The topological polar surface area (TPSA) is 124 Å². The first kappa shape index (κ1) is 23.9. The van der Waals surface area contributed by atoms with Gasteiger partial charge >= 0.3 is 0 Å². The van der Waals surface area contributed by atoms with Crippen LogP contribution in [0.25, 0.3) is 0 Å². The number of H-pyrrole nitrogens is 1. The maximum absolute atomic E-state index is 14.8.